The summed E-state index contributed by atoms with van der Waals surface area (Å²) in [5, 5.41) is 28.8. The van der Waals surface area contributed by atoms with Crippen LogP contribution in [0.15, 0.2) is 29.2 Å². The molecule has 0 amide bonds. The molecule has 1 aromatic rings. The van der Waals surface area contributed by atoms with E-state index in [2.05, 4.69) is 9.68 Å². The van der Waals surface area contributed by atoms with Crippen LogP contribution >= 0.6 is 11.8 Å². The molecule has 1 heterocycles. The van der Waals surface area contributed by atoms with Crippen molar-refractivity contribution in [3.05, 3.63) is 60.5 Å². The Bertz CT molecular complexity index is 831. The van der Waals surface area contributed by atoms with Crippen LogP contribution < -0.4 is 0 Å². The number of aliphatic hydroxyl groups excluding tert-OH is 1. The molecule has 0 radical (unpaired) electrons. The van der Waals surface area contributed by atoms with Crippen molar-refractivity contribution < 1.29 is 34.5 Å². The third kappa shape index (κ3) is 8.00. The van der Waals surface area contributed by atoms with Crippen molar-refractivity contribution in [1.82, 2.24) is 0 Å². The fourth-order valence-electron chi connectivity index (χ4n) is 3.12. The molecule has 1 aliphatic heterocycles. The van der Waals surface area contributed by atoms with Gasteiger partial charge in [-0.15, -0.1) is 32.0 Å². The van der Waals surface area contributed by atoms with Crippen molar-refractivity contribution in [2.24, 2.45) is 0 Å². The monoisotopic (exact) mass is 470 g/mol. The highest BCUT2D eigenvalue weighted by Gasteiger charge is 2.25. The molecule has 1 saturated heterocycles. The summed E-state index contributed by atoms with van der Waals surface area (Å²) >= 11 is 1.63. The molecule has 1 aromatic carbocycles. The Morgan fingerprint density at radius 1 is 1.22 bits per heavy atom. The Labute approximate surface area is 188 Å². The first-order valence-electron chi connectivity index (χ1n) is 10.1. The second-order valence-electron chi connectivity index (χ2n) is 7.30. The van der Waals surface area contributed by atoms with Gasteiger partial charge in [-0.3, -0.25) is 4.79 Å². The second-order valence-corrected chi connectivity index (χ2v) is 8.47. The number of hydrogen-bond acceptors (Lipinski definition) is 10. The second kappa shape index (κ2) is 12.2. The minimum atomic E-state index is -1.16. The van der Waals surface area contributed by atoms with Crippen molar-refractivity contribution in [2.75, 3.05) is 12.4 Å². The summed E-state index contributed by atoms with van der Waals surface area (Å²) in [5.74, 6) is -0.0842. The number of esters is 1. The molecular formula is C20H26N2O9S. The molecule has 4 atom stereocenters. The molecule has 0 bridgehead atoms. The van der Waals surface area contributed by atoms with E-state index in [1.165, 1.54) is 6.92 Å². The highest BCUT2D eigenvalue weighted by Crippen LogP contribution is 2.32. The predicted molar refractivity (Wildman–Crippen MR) is 116 cm³/mol. The molecule has 176 valence electrons. The van der Waals surface area contributed by atoms with Gasteiger partial charge in [-0.2, -0.15) is 0 Å². The molecule has 0 spiro atoms. The number of carbonyl (C=O) groups is 1. The van der Waals surface area contributed by atoms with E-state index >= 15 is 0 Å². The van der Waals surface area contributed by atoms with Crippen molar-refractivity contribution in [3.63, 3.8) is 0 Å². The minimum Gasteiger partial charge on any atom is -0.465 e. The van der Waals surface area contributed by atoms with E-state index in [1.54, 1.807) is 18.7 Å². The minimum absolute atomic E-state index is 0.0226. The molecule has 0 saturated carbocycles. The smallest absolute Gasteiger partial charge is 0.313 e. The summed E-state index contributed by atoms with van der Waals surface area (Å²) in [6.45, 7) is 2.97. The van der Waals surface area contributed by atoms with E-state index in [0.717, 1.165) is 28.2 Å². The average molecular weight is 471 g/mol. The molecule has 1 fully saturated rings. The van der Waals surface area contributed by atoms with Crippen LogP contribution in [-0.2, 0) is 19.2 Å². The summed E-state index contributed by atoms with van der Waals surface area (Å²) < 4.78 is 5.24. The average Bonchev–Trinajstić information content (AvgIpc) is 3.13. The summed E-state index contributed by atoms with van der Waals surface area (Å²) in [5.41, 5.74) is 1.69. The van der Waals surface area contributed by atoms with Gasteiger partial charge < -0.3 is 19.5 Å². The van der Waals surface area contributed by atoms with E-state index in [-0.39, 0.29) is 19.4 Å². The molecule has 2 unspecified atom stereocenters. The van der Waals surface area contributed by atoms with Crippen LogP contribution in [0.3, 0.4) is 0 Å². The molecule has 11 nitrogen and oxygen atoms in total. The summed E-state index contributed by atoms with van der Waals surface area (Å²) in [6, 6.07) is 7.38. The van der Waals surface area contributed by atoms with Gasteiger partial charge in [0.25, 0.3) is 10.2 Å². The first-order chi connectivity index (χ1) is 15.2. The Hall–Kier alpha value is -2.86. The molecule has 0 aromatic heterocycles. The zero-order chi connectivity index (χ0) is 23.7. The third-order valence-corrected chi connectivity index (χ3v) is 6.13. The van der Waals surface area contributed by atoms with Crippen LogP contribution in [0.25, 0.3) is 6.08 Å². The number of ether oxygens (including phenoxy) is 1. The van der Waals surface area contributed by atoms with Gasteiger partial charge in [-0.1, -0.05) is 24.3 Å². The zero-order valence-electron chi connectivity index (χ0n) is 17.7. The standard InChI is InChI=1S/C20H26N2O9S/c1-13(16-7-5-15(6-8-16)12-19-17(23)9-11-32-19)20(24)29-10-3-4-18(31-22(27)28)14(2)30-21(25)26/h5-8,12-14,17-18,23H,3-4,9-11H2,1-2H3/b19-12-/t13-,14?,17-,18?/m0/s1. The van der Waals surface area contributed by atoms with E-state index in [1.807, 2.05) is 30.3 Å². The molecule has 2 rings (SSSR count). The van der Waals surface area contributed by atoms with Crippen molar-refractivity contribution in [1.29, 1.82) is 0 Å². The quantitative estimate of drug-likeness (QED) is 0.209. The number of rotatable bonds is 12. The van der Waals surface area contributed by atoms with Gasteiger partial charge >= 0.3 is 5.97 Å². The highest BCUT2D eigenvalue weighted by molar-refractivity contribution is 8.03. The molecule has 0 aliphatic carbocycles. The first-order valence-corrected chi connectivity index (χ1v) is 11.1. The van der Waals surface area contributed by atoms with Gasteiger partial charge in [0.2, 0.25) is 0 Å². The van der Waals surface area contributed by atoms with E-state index in [4.69, 9.17) is 4.74 Å². The molecule has 1 N–H and O–H groups in total. The lowest BCUT2D eigenvalue weighted by Crippen LogP contribution is -2.33. The SMILES string of the molecule is CC(O[N+](=O)[O-])C(CCCOC(=O)[C@@H](C)c1ccc(/C=C2\SCC[C@@H]2O)cc1)O[N+](=O)[O-]. The Balaban J connectivity index is 1.82. The van der Waals surface area contributed by atoms with Gasteiger partial charge in [0, 0.05) is 10.7 Å². The summed E-state index contributed by atoms with van der Waals surface area (Å²) in [4.78, 5) is 43.0. The van der Waals surface area contributed by atoms with Crippen LogP contribution in [0.4, 0.5) is 0 Å². The van der Waals surface area contributed by atoms with Gasteiger partial charge in [0.15, 0.2) is 0 Å². The molecule has 32 heavy (non-hydrogen) atoms. The van der Waals surface area contributed by atoms with Gasteiger partial charge in [0.1, 0.15) is 12.2 Å². The lowest BCUT2D eigenvalue weighted by atomic mass is 9.99. The fraction of sp³-hybridized carbons (Fsp3) is 0.550. The van der Waals surface area contributed by atoms with Crippen molar-refractivity contribution >= 4 is 23.8 Å². The molecule has 12 heteroatoms. The number of thioether (sulfide) groups is 1. The summed E-state index contributed by atoms with van der Waals surface area (Å²) in [7, 11) is 0. The van der Waals surface area contributed by atoms with Crippen LogP contribution in [0.5, 0.6) is 0 Å². The predicted octanol–water partition coefficient (Wildman–Crippen LogP) is 3.13. The van der Waals surface area contributed by atoms with Crippen LogP contribution in [0, 0.1) is 20.2 Å². The lowest BCUT2D eigenvalue weighted by Gasteiger charge is -2.20. The first kappa shape index (κ1) is 25.4. The topological polar surface area (TPSA) is 151 Å². The van der Waals surface area contributed by atoms with Crippen molar-refractivity contribution in [2.45, 2.75) is 57.3 Å². The Kier molecular flexibility index (Phi) is 9.72. The number of aliphatic hydroxyl groups is 1. The third-order valence-electron chi connectivity index (χ3n) is 4.96. The maximum Gasteiger partial charge on any atom is 0.313 e. The molecular weight excluding hydrogens is 444 g/mol. The van der Waals surface area contributed by atoms with Crippen LogP contribution in [-0.4, -0.2) is 51.9 Å². The van der Waals surface area contributed by atoms with E-state index in [0.29, 0.717) is 0 Å². The normalized spacial score (nSPS) is 19.7. The largest absolute Gasteiger partial charge is 0.465 e. The number of hydrogen-bond donors (Lipinski definition) is 1. The summed E-state index contributed by atoms with van der Waals surface area (Å²) in [6.07, 6.45) is 0.185. The lowest BCUT2D eigenvalue weighted by molar-refractivity contribution is -0.798. The van der Waals surface area contributed by atoms with E-state index in [9.17, 15) is 30.1 Å². The fourth-order valence-corrected chi connectivity index (χ4v) is 4.22. The Morgan fingerprint density at radius 3 is 2.44 bits per heavy atom. The van der Waals surface area contributed by atoms with Crippen LogP contribution in [0.2, 0.25) is 0 Å². The highest BCUT2D eigenvalue weighted by atomic mass is 32.2. The number of carbonyl (C=O) groups excluding carboxylic acids is 1. The Morgan fingerprint density at radius 2 is 1.88 bits per heavy atom. The van der Waals surface area contributed by atoms with Crippen molar-refractivity contribution in [3.8, 4) is 0 Å². The zero-order valence-corrected chi connectivity index (χ0v) is 18.6. The number of nitrogens with zero attached hydrogens (tertiary/aromatic N) is 2. The maximum atomic E-state index is 12.3. The maximum absolute atomic E-state index is 12.3. The van der Waals surface area contributed by atoms with Gasteiger partial charge in [0.05, 0.1) is 18.6 Å². The van der Waals surface area contributed by atoms with Crippen LogP contribution in [0.1, 0.15) is 50.2 Å². The number of benzene rings is 1. The van der Waals surface area contributed by atoms with Gasteiger partial charge in [-0.25, -0.2) is 0 Å². The van der Waals surface area contributed by atoms with Gasteiger partial charge in [-0.05, 0) is 50.3 Å². The van der Waals surface area contributed by atoms with E-state index < -0.39 is 40.4 Å². The molecule has 1 aliphatic rings.